The number of aryl methyl sites for hydroxylation is 2. The van der Waals surface area contributed by atoms with E-state index in [9.17, 15) is 10.2 Å². The van der Waals surface area contributed by atoms with Crippen LogP contribution in [0.25, 0.3) is 22.4 Å². The molecule has 4 nitrogen and oxygen atoms in total. The second kappa shape index (κ2) is 4.56. The largest absolute Gasteiger partial charge is 0.508 e. The Balaban J connectivity index is 2.28. The van der Waals surface area contributed by atoms with E-state index in [0.717, 1.165) is 16.6 Å². The van der Waals surface area contributed by atoms with Gasteiger partial charge in [-0.15, -0.1) is 0 Å². The quantitative estimate of drug-likeness (QED) is 0.750. The molecule has 3 aromatic rings. The van der Waals surface area contributed by atoms with Crippen molar-refractivity contribution in [3.05, 3.63) is 42.0 Å². The van der Waals surface area contributed by atoms with Crippen LogP contribution in [0.3, 0.4) is 0 Å². The molecule has 4 heteroatoms. The van der Waals surface area contributed by atoms with E-state index < -0.39 is 0 Å². The number of rotatable bonds is 2. The van der Waals surface area contributed by atoms with Crippen LogP contribution in [0.4, 0.5) is 0 Å². The first-order chi connectivity index (χ1) is 9.61. The normalized spacial score (nSPS) is 11.1. The van der Waals surface area contributed by atoms with Crippen LogP contribution < -0.4 is 0 Å². The molecule has 3 rings (SSSR count). The Kier molecular flexibility index (Phi) is 2.86. The predicted octanol–water partition coefficient (Wildman–Crippen LogP) is 3.21. The summed E-state index contributed by atoms with van der Waals surface area (Å²) in [6.45, 7) is 1.96. The first kappa shape index (κ1) is 12.5. The molecule has 20 heavy (non-hydrogen) atoms. The molecule has 0 saturated heterocycles. The Bertz CT molecular complexity index is 791. The molecule has 0 aliphatic carbocycles. The fourth-order valence-electron chi connectivity index (χ4n) is 2.47. The second-order valence-corrected chi connectivity index (χ2v) is 4.83. The Labute approximate surface area is 116 Å². The molecule has 0 amide bonds. The fourth-order valence-corrected chi connectivity index (χ4v) is 2.47. The van der Waals surface area contributed by atoms with Crippen LogP contribution in [0.2, 0.25) is 0 Å². The van der Waals surface area contributed by atoms with Crippen LogP contribution in [0.1, 0.15) is 12.5 Å². The zero-order valence-electron chi connectivity index (χ0n) is 11.5. The van der Waals surface area contributed by atoms with E-state index in [1.807, 2.05) is 42.8 Å². The van der Waals surface area contributed by atoms with Crippen LogP contribution >= 0.6 is 0 Å². The number of imidazole rings is 1. The molecule has 0 radical (unpaired) electrons. The van der Waals surface area contributed by atoms with Crippen molar-refractivity contribution in [2.75, 3.05) is 0 Å². The molecule has 0 saturated carbocycles. The van der Waals surface area contributed by atoms with Gasteiger partial charge in [0.25, 0.3) is 0 Å². The van der Waals surface area contributed by atoms with Crippen molar-refractivity contribution in [1.82, 2.24) is 9.55 Å². The third kappa shape index (κ3) is 1.81. The first-order valence-electron chi connectivity index (χ1n) is 6.58. The average Bonchev–Trinajstić information content (AvgIpc) is 2.77. The summed E-state index contributed by atoms with van der Waals surface area (Å²) in [6, 6.07) is 11.0. The number of phenols is 2. The lowest BCUT2D eigenvalue weighted by Crippen LogP contribution is -1.94. The van der Waals surface area contributed by atoms with Gasteiger partial charge in [-0.3, -0.25) is 0 Å². The van der Waals surface area contributed by atoms with E-state index in [4.69, 9.17) is 0 Å². The molecule has 0 atom stereocenters. The second-order valence-electron chi connectivity index (χ2n) is 4.83. The highest BCUT2D eigenvalue weighted by Crippen LogP contribution is 2.35. The molecule has 0 aliphatic heterocycles. The Morgan fingerprint density at radius 3 is 2.55 bits per heavy atom. The van der Waals surface area contributed by atoms with Gasteiger partial charge in [0.15, 0.2) is 0 Å². The molecule has 2 N–H and O–H groups in total. The van der Waals surface area contributed by atoms with Gasteiger partial charge in [-0.1, -0.05) is 19.1 Å². The van der Waals surface area contributed by atoms with Gasteiger partial charge in [0.05, 0.1) is 16.6 Å². The number of fused-ring (bicyclic) bond motifs is 1. The first-order valence-corrected chi connectivity index (χ1v) is 6.58. The lowest BCUT2D eigenvalue weighted by molar-refractivity contribution is 0.447. The van der Waals surface area contributed by atoms with E-state index in [-0.39, 0.29) is 11.5 Å². The minimum Gasteiger partial charge on any atom is -0.508 e. The number of hydrogen-bond acceptors (Lipinski definition) is 3. The number of phenolic OH excluding ortho intramolecular Hbond substituents is 2. The number of nitrogens with zero attached hydrogens (tertiary/aromatic N) is 2. The molecule has 1 aromatic heterocycles. The van der Waals surface area contributed by atoms with Crippen molar-refractivity contribution in [3.63, 3.8) is 0 Å². The number of hydrogen-bond donors (Lipinski definition) is 2. The Hall–Kier alpha value is -2.49. The molecule has 0 aliphatic rings. The lowest BCUT2D eigenvalue weighted by Gasteiger charge is -2.09. The zero-order valence-corrected chi connectivity index (χ0v) is 11.5. The standard InChI is InChI=1S/C16H16N2O2/c1-3-10-8-11(15(20)9-14(10)19)16-17-12-6-4-5-7-13(12)18(16)2/h4-9,19-20H,3H2,1-2H3. The summed E-state index contributed by atoms with van der Waals surface area (Å²) in [4.78, 5) is 4.57. The summed E-state index contributed by atoms with van der Waals surface area (Å²) in [5, 5.41) is 19.9. The molecule has 0 unspecified atom stereocenters. The molecule has 1 heterocycles. The third-order valence-electron chi connectivity index (χ3n) is 3.61. The van der Waals surface area contributed by atoms with Gasteiger partial charge >= 0.3 is 0 Å². The van der Waals surface area contributed by atoms with E-state index in [0.29, 0.717) is 17.8 Å². The van der Waals surface area contributed by atoms with Gasteiger partial charge in [0, 0.05) is 13.1 Å². The summed E-state index contributed by atoms with van der Waals surface area (Å²) in [6.07, 6.45) is 0.697. The van der Waals surface area contributed by atoms with Crippen molar-refractivity contribution < 1.29 is 10.2 Å². The lowest BCUT2D eigenvalue weighted by atomic mass is 10.1. The van der Waals surface area contributed by atoms with E-state index in [2.05, 4.69) is 4.98 Å². The highest BCUT2D eigenvalue weighted by molar-refractivity contribution is 5.82. The van der Waals surface area contributed by atoms with Gasteiger partial charge in [0.1, 0.15) is 17.3 Å². The molecular formula is C16H16N2O2. The smallest absolute Gasteiger partial charge is 0.144 e. The van der Waals surface area contributed by atoms with Crippen LogP contribution in [0.15, 0.2) is 36.4 Å². The van der Waals surface area contributed by atoms with Crippen LogP contribution in [-0.2, 0) is 13.5 Å². The maximum atomic E-state index is 10.1. The number of benzene rings is 2. The minimum absolute atomic E-state index is 0.0399. The molecule has 2 aromatic carbocycles. The SMILES string of the molecule is CCc1cc(-c2nc3ccccc3n2C)c(O)cc1O. The number of para-hydroxylation sites is 2. The fraction of sp³-hybridized carbons (Fsp3) is 0.188. The predicted molar refractivity (Wildman–Crippen MR) is 78.9 cm³/mol. The van der Waals surface area contributed by atoms with Crippen LogP contribution in [0, 0.1) is 0 Å². The summed E-state index contributed by atoms with van der Waals surface area (Å²) in [7, 11) is 1.92. The molecular weight excluding hydrogens is 252 g/mol. The van der Waals surface area contributed by atoms with Crippen molar-refractivity contribution in [3.8, 4) is 22.9 Å². The molecule has 0 spiro atoms. The average molecular weight is 268 g/mol. The van der Waals surface area contributed by atoms with Gasteiger partial charge < -0.3 is 14.8 Å². The van der Waals surface area contributed by atoms with Gasteiger partial charge in [-0.25, -0.2) is 4.98 Å². The van der Waals surface area contributed by atoms with Crippen molar-refractivity contribution in [2.24, 2.45) is 7.05 Å². The minimum atomic E-state index is 0.0399. The van der Waals surface area contributed by atoms with E-state index >= 15 is 0 Å². The maximum Gasteiger partial charge on any atom is 0.144 e. The van der Waals surface area contributed by atoms with Crippen molar-refractivity contribution in [1.29, 1.82) is 0 Å². The molecule has 0 fully saturated rings. The summed E-state index contributed by atoms with van der Waals surface area (Å²) in [5.74, 6) is 0.851. The summed E-state index contributed by atoms with van der Waals surface area (Å²) in [5.41, 5.74) is 3.33. The maximum absolute atomic E-state index is 10.1. The highest BCUT2D eigenvalue weighted by atomic mass is 16.3. The van der Waals surface area contributed by atoms with E-state index in [1.54, 1.807) is 6.07 Å². The summed E-state index contributed by atoms with van der Waals surface area (Å²) >= 11 is 0. The highest BCUT2D eigenvalue weighted by Gasteiger charge is 2.15. The van der Waals surface area contributed by atoms with E-state index in [1.165, 1.54) is 6.07 Å². The molecule has 102 valence electrons. The van der Waals surface area contributed by atoms with Gasteiger partial charge in [0.2, 0.25) is 0 Å². The Morgan fingerprint density at radius 1 is 1.10 bits per heavy atom. The van der Waals surface area contributed by atoms with Crippen molar-refractivity contribution in [2.45, 2.75) is 13.3 Å². The van der Waals surface area contributed by atoms with Crippen LogP contribution in [0.5, 0.6) is 11.5 Å². The number of aromatic nitrogens is 2. The molecule has 0 bridgehead atoms. The zero-order chi connectivity index (χ0) is 14.3. The van der Waals surface area contributed by atoms with Crippen LogP contribution in [-0.4, -0.2) is 19.8 Å². The monoisotopic (exact) mass is 268 g/mol. The van der Waals surface area contributed by atoms with Gasteiger partial charge in [-0.2, -0.15) is 0 Å². The third-order valence-corrected chi connectivity index (χ3v) is 3.61. The Morgan fingerprint density at radius 2 is 1.85 bits per heavy atom. The topological polar surface area (TPSA) is 58.3 Å². The summed E-state index contributed by atoms with van der Waals surface area (Å²) < 4.78 is 1.95. The van der Waals surface area contributed by atoms with Crippen molar-refractivity contribution >= 4 is 11.0 Å². The van der Waals surface area contributed by atoms with Gasteiger partial charge in [-0.05, 0) is 30.2 Å². The number of aromatic hydroxyl groups is 2.